The second kappa shape index (κ2) is 7.66. The van der Waals surface area contributed by atoms with Crippen molar-refractivity contribution < 1.29 is 13.9 Å². The predicted molar refractivity (Wildman–Crippen MR) is 95.3 cm³/mol. The largest absolute Gasteiger partial charge is 0.491 e. The van der Waals surface area contributed by atoms with Gasteiger partial charge in [-0.25, -0.2) is 0 Å². The van der Waals surface area contributed by atoms with Gasteiger partial charge in [0.15, 0.2) is 0 Å². The Morgan fingerprint density at radius 3 is 2.56 bits per heavy atom. The molecule has 1 amide bonds. The average molecular weight is 336 g/mol. The lowest BCUT2D eigenvalue weighted by Gasteiger charge is -2.10. The molecule has 5 nitrogen and oxygen atoms in total. The molecule has 0 fully saturated rings. The fraction of sp³-hybridized carbons (Fsp3) is 0.200. The van der Waals surface area contributed by atoms with Gasteiger partial charge in [-0.1, -0.05) is 6.07 Å². The van der Waals surface area contributed by atoms with Crippen LogP contribution in [0.1, 0.15) is 29.8 Å². The van der Waals surface area contributed by atoms with Crippen molar-refractivity contribution in [3.63, 3.8) is 0 Å². The fourth-order valence-electron chi connectivity index (χ4n) is 2.35. The Balaban J connectivity index is 1.56. The van der Waals surface area contributed by atoms with Crippen LogP contribution in [-0.2, 0) is 6.54 Å². The number of rotatable bonds is 6. The summed E-state index contributed by atoms with van der Waals surface area (Å²) in [5, 5.41) is 2.89. The zero-order chi connectivity index (χ0) is 17.6. The van der Waals surface area contributed by atoms with Gasteiger partial charge in [0.1, 0.15) is 5.75 Å². The predicted octanol–water partition coefficient (Wildman–Crippen LogP) is 4.06. The number of hydrogen-bond acceptors (Lipinski definition) is 4. The molecule has 0 unspecified atom stereocenters. The summed E-state index contributed by atoms with van der Waals surface area (Å²) in [6, 6.07) is 12.8. The van der Waals surface area contributed by atoms with Crippen LogP contribution in [0, 0.1) is 0 Å². The van der Waals surface area contributed by atoms with Gasteiger partial charge in [0.2, 0.25) is 0 Å². The van der Waals surface area contributed by atoms with Gasteiger partial charge in [0.05, 0.1) is 24.3 Å². The Kier molecular flexibility index (Phi) is 5.14. The molecule has 0 aliphatic carbocycles. The first-order valence-corrected chi connectivity index (χ1v) is 8.14. The van der Waals surface area contributed by atoms with E-state index >= 15 is 0 Å². The highest BCUT2D eigenvalue weighted by atomic mass is 16.5. The Labute approximate surface area is 146 Å². The van der Waals surface area contributed by atoms with Gasteiger partial charge in [-0.15, -0.1) is 0 Å². The van der Waals surface area contributed by atoms with Crippen LogP contribution in [0.4, 0.5) is 0 Å². The minimum absolute atomic E-state index is 0.109. The Hall–Kier alpha value is -3.08. The highest BCUT2D eigenvalue weighted by Crippen LogP contribution is 2.17. The lowest BCUT2D eigenvalue weighted by atomic mass is 10.1. The molecule has 5 heteroatoms. The van der Waals surface area contributed by atoms with Gasteiger partial charge < -0.3 is 14.5 Å². The van der Waals surface area contributed by atoms with Crippen molar-refractivity contribution in [3.05, 3.63) is 72.3 Å². The molecule has 0 bridgehead atoms. The summed E-state index contributed by atoms with van der Waals surface area (Å²) >= 11 is 0. The second-order valence-electron chi connectivity index (χ2n) is 5.94. The van der Waals surface area contributed by atoms with Gasteiger partial charge in [-0.3, -0.25) is 9.78 Å². The van der Waals surface area contributed by atoms with E-state index in [0.29, 0.717) is 12.1 Å². The maximum Gasteiger partial charge on any atom is 0.251 e. The molecule has 0 spiro atoms. The van der Waals surface area contributed by atoms with E-state index in [1.165, 1.54) is 0 Å². The fourth-order valence-corrected chi connectivity index (χ4v) is 2.35. The van der Waals surface area contributed by atoms with E-state index in [0.717, 1.165) is 22.6 Å². The van der Waals surface area contributed by atoms with Gasteiger partial charge in [0, 0.05) is 23.9 Å². The average Bonchev–Trinajstić information content (AvgIpc) is 3.15. The summed E-state index contributed by atoms with van der Waals surface area (Å²) in [6.45, 7) is 4.35. The minimum Gasteiger partial charge on any atom is -0.491 e. The third-order valence-corrected chi connectivity index (χ3v) is 3.58. The maximum atomic E-state index is 12.2. The number of amides is 1. The summed E-state index contributed by atoms with van der Waals surface area (Å²) in [5.74, 6) is 0.626. The molecule has 2 aromatic heterocycles. The van der Waals surface area contributed by atoms with Crippen LogP contribution in [0.15, 0.2) is 65.6 Å². The molecule has 1 N–H and O–H groups in total. The van der Waals surface area contributed by atoms with E-state index < -0.39 is 0 Å². The molecule has 3 rings (SSSR count). The van der Waals surface area contributed by atoms with Crippen molar-refractivity contribution in [1.29, 1.82) is 0 Å². The first-order chi connectivity index (χ1) is 12.1. The summed E-state index contributed by atoms with van der Waals surface area (Å²) in [4.78, 5) is 16.6. The molecule has 0 aliphatic rings. The number of nitrogens with zero attached hydrogens (tertiary/aromatic N) is 1. The van der Waals surface area contributed by atoms with Crippen molar-refractivity contribution in [1.82, 2.24) is 10.3 Å². The number of aromatic nitrogens is 1. The van der Waals surface area contributed by atoms with Crippen LogP contribution in [-0.4, -0.2) is 17.0 Å². The minimum atomic E-state index is -0.130. The molecule has 1 aromatic carbocycles. The number of benzene rings is 1. The van der Waals surface area contributed by atoms with Gasteiger partial charge in [0.25, 0.3) is 5.91 Å². The number of pyridine rings is 1. The quantitative estimate of drug-likeness (QED) is 0.737. The summed E-state index contributed by atoms with van der Waals surface area (Å²) in [7, 11) is 0. The molecule has 2 heterocycles. The summed E-state index contributed by atoms with van der Waals surface area (Å²) in [6.07, 6.45) is 5.12. The molecule has 0 aliphatic heterocycles. The number of furan rings is 1. The lowest BCUT2D eigenvalue weighted by Crippen LogP contribution is -2.22. The first-order valence-electron chi connectivity index (χ1n) is 8.14. The molecular weight excluding hydrogens is 316 g/mol. The molecule has 0 saturated heterocycles. The molecule has 25 heavy (non-hydrogen) atoms. The van der Waals surface area contributed by atoms with E-state index in [2.05, 4.69) is 10.3 Å². The second-order valence-corrected chi connectivity index (χ2v) is 5.94. The highest BCUT2D eigenvalue weighted by Gasteiger charge is 2.07. The number of carbonyl (C=O) groups is 1. The third-order valence-electron chi connectivity index (χ3n) is 3.58. The van der Waals surface area contributed by atoms with E-state index in [1.807, 2.05) is 32.0 Å². The lowest BCUT2D eigenvalue weighted by molar-refractivity contribution is 0.0951. The molecule has 128 valence electrons. The van der Waals surface area contributed by atoms with Crippen LogP contribution in [0.5, 0.6) is 5.75 Å². The molecule has 0 radical (unpaired) electrons. The van der Waals surface area contributed by atoms with E-state index in [9.17, 15) is 4.79 Å². The van der Waals surface area contributed by atoms with Crippen LogP contribution in [0.3, 0.4) is 0 Å². The van der Waals surface area contributed by atoms with Crippen LogP contribution in [0.2, 0.25) is 0 Å². The SMILES string of the molecule is CC(C)Oc1ccc(C(=O)NCc2ccc(-c3ccoc3)nc2)cc1. The van der Waals surface area contributed by atoms with Gasteiger partial charge in [-0.05, 0) is 55.8 Å². The standard InChI is InChI=1S/C20H20N2O3/c1-14(2)25-18-6-4-16(5-7-18)20(23)22-12-15-3-8-19(21-11-15)17-9-10-24-13-17/h3-11,13-14H,12H2,1-2H3,(H,22,23). The summed E-state index contributed by atoms with van der Waals surface area (Å²) in [5.41, 5.74) is 3.29. The molecular formula is C20H20N2O3. The Bertz CT molecular complexity index is 807. The van der Waals surface area contributed by atoms with Crippen LogP contribution in [0.25, 0.3) is 11.3 Å². The smallest absolute Gasteiger partial charge is 0.251 e. The molecule has 0 atom stereocenters. The van der Waals surface area contributed by atoms with E-state index in [-0.39, 0.29) is 12.0 Å². The number of hydrogen-bond donors (Lipinski definition) is 1. The third kappa shape index (κ3) is 4.47. The van der Waals surface area contributed by atoms with Gasteiger partial charge in [-0.2, -0.15) is 0 Å². The van der Waals surface area contributed by atoms with Crippen molar-refractivity contribution in [2.24, 2.45) is 0 Å². The number of nitrogens with one attached hydrogen (secondary N) is 1. The number of ether oxygens (including phenoxy) is 1. The normalized spacial score (nSPS) is 10.7. The topological polar surface area (TPSA) is 64.4 Å². The van der Waals surface area contributed by atoms with Crippen molar-refractivity contribution >= 4 is 5.91 Å². The summed E-state index contributed by atoms with van der Waals surface area (Å²) < 4.78 is 10.6. The van der Waals surface area contributed by atoms with E-state index in [4.69, 9.17) is 9.15 Å². The molecule has 0 saturated carbocycles. The Morgan fingerprint density at radius 2 is 1.96 bits per heavy atom. The number of carbonyl (C=O) groups excluding carboxylic acids is 1. The Morgan fingerprint density at radius 1 is 1.16 bits per heavy atom. The van der Waals surface area contributed by atoms with Gasteiger partial charge >= 0.3 is 0 Å². The van der Waals surface area contributed by atoms with Crippen LogP contribution < -0.4 is 10.1 Å². The highest BCUT2D eigenvalue weighted by molar-refractivity contribution is 5.94. The van der Waals surface area contributed by atoms with Crippen LogP contribution >= 0.6 is 0 Å². The molecule has 3 aromatic rings. The van der Waals surface area contributed by atoms with Crippen molar-refractivity contribution in [3.8, 4) is 17.0 Å². The first kappa shape index (κ1) is 16.8. The maximum absolute atomic E-state index is 12.2. The van der Waals surface area contributed by atoms with Crippen molar-refractivity contribution in [2.75, 3.05) is 0 Å². The van der Waals surface area contributed by atoms with E-state index in [1.54, 1.807) is 43.0 Å². The zero-order valence-electron chi connectivity index (χ0n) is 14.2. The monoisotopic (exact) mass is 336 g/mol. The zero-order valence-corrected chi connectivity index (χ0v) is 14.2. The van der Waals surface area contributed by atoms with Crippen molar-refractivity contribution in [2.45, 2.75) is 26.5 Å².